The predicted octanol–water partition coefficient (Wildman–Crippen LogP) is -7.36. The molecule has 0 aliphatic rings. The number of nitrogen functional groups attached to an aromatic ring is 1. The van der Waals surface area contributed by atoms with Crippen molar-refractivity contribution in [2.24, 2.45) is 0 Å². The van der Waals surface area contributed by atoms with Gasteiger partial charge in [0.25, 0.3) is 0 Å². The monoisotopic (exact) mass is 281 g/mol. The Morgan fingerprint density at radius 2 is 1.53 bits per heavy atom. The molecule has 2 N–H and O–H groups in total. The number of hydrogen-bond acceptors (Lipinski definition) is 5. The first-order chi connectivity index (χ1) is 7.99. The van der Waals surface area contributed by atoms with E-state index in [4.69, 9.17) is 5.73 Å². The van der Waals surface area contributed by atoms with Crippen molar-refractivity contribution >= 4 is 17.6 Å². The number of nitrogens with two attached hydrogens (primary N) is 1. The average molecular weight is 281 g/mol. The number of aliphatic carboxylic acids is 2. The second-order valence-electron chi connectivity index (χ2n) is 3.78. The number of benzene rings is 1. The molecule has 0 aliphatic heterocycles. The topological polar surface area (TPSA) is 106 Å². The molecule has 92 valence electrons. The van der Waals surface area contributed by atoms with Crippen molar-refractivity contribution in [3.63, 3.8) is 0 Å². The Morgan fingerprint density at radius 3 is 2.00 bits per heavy atom. The number of carbonyl (C=O) groups is 2. The van der Waals surface area contributed by atoms with E-state index in [1.807, 2.05) is 0 Å². The van der Waals surface area contributed by atoms with Crippen molar-refractivity contribution < 1.29 is 78.9 Å². The van der Waals surface area contributed by atoms with E-state index in [1.165, 1.54) is 0 Å². The first kappa shape index (κ1) is 21.3. The Labute approximate surface area is 156 Å². The molecular weight excluding hydrogens is 268 g/mol. The summed E-state index contributed by atoms with van der Waals surface area (Å²) in [6.45, 7) is 0. The summed E-state index contributed by atoms with van der Waals surface area (Å²) >= 11 is 0. The molecule has 0 spiro atoms. The summed E-state index contributed by atoms with van der Waals surface area (Å²) in [6, 6.07) is 5.11. The van der Waals surface area contributed by atoms with Gasteiger partial charge in [-0.15, -0.1) is 0 Å². The molecule has 5 nitrogen and oxygen atoms in total. The Bertz CT molecular complexity index is 438. The van der Waals surface area contributed by atoms with Gasteiger partial charge in [-0.05, 0) is 42.9 Å². The smallest absolute Gasteiger partial charge is 0.550 e. The normalized spacial score (nSPS) is 9.05. The quantitative estimate of drug-likeness (QED) is 0.412. The zero-order chi connectivity index (χ0) is 12.8. The van der Waals surface area contributed by atoms with Crippen LogP contribution in [0.3, 0.4) is 0 Å². The second kappa shape index (κ2) is 10.7. The number of carbonyl (C=O) groups excluding carboxylic acids is 2. The van der Waals surface area contributed by atoms with Crippen LogP contribution in [0.1, 0.15) is 24.0 Å². The van der Waals surface area contributed by atoms with Gasteiger partial charge in [0.2, 0.25) is 0 Å². The van der Waals surface area contributed by atoms with E-state index < -0.39 is 11.9 Å². The minimum atomic E-state index is -1.12. The molecule has 7 heteroatoms. The average Bonchev–Trinajstić information content (AvgIpc) is 2.24. The van der Waals surface area contributed by atoms with Gasteiger partial charge in [-0.1, -0.05) is 12.1 Å². The van der Waals surface area contributed by atoms with Crippen LogP contribution in [0.4, 0.5) is 5.69 Å². The number of carboxylic acids is 2. The van der Waals surface area contributed by atoms with E-state index >= 15 is 0 Å². The van der Waals surface area contributed by atoms with E-state index in [2.05, 4.69) is 0 Å². The van der Waals surface area contributed by atoms with E-state index in [1.54, 1.807) is 18.2 Å². The van der Waals surface area contributed by atoms with E-state index in [9.17, 15) is 19.8 Å². The van der Waals surface area contributed by atoms with Gasteiger partial charge >= 0.3 is 59.1 Å². The van der Waals surface area contributed by atoms with E-state index in [0.717, 1.165) is 11.1 Å². The van der Waals surface area contributed by atoms with Gasteiger partial charge in [0.15, 0.2) is 0 Å². The molecule has 1 rings (SSSR count). The molecule has 0 aliphatic carbocycles. The Hall–Kier alpha value is -0.0400. The largest absolute Gasteiger partial charge is 1.00 e. The fraction of sp³-hybridized carbons (Fsp3) is 0.333. The maximum absolute atomic E-state index is 10.3. The summed E-state index contributed by atoms with van der Waals surface area (Å²) in [5.41, 5.74) is 7.74. The van der Waals surface area contributed by atoms with Gasteiger partial charge in [0.1, 0.15) is 0 Å². The molecular formula is C12H13NNa2O4. The van der Waals surface area contributed by atoms with Crippen molar-refractivity contribution in [1.29, 1.82) is 0 Å². The summed E-state index contributed by atoms with van der Waals surface area (Å²) in [5, 5.41) is 20.6. The molecule has 0 fully saturated rings. The van der Waals surface area contributed by atoms with Gasteiger partial charge in [-0.3, -0.25) is 0 Å². The van der Waals surface area contributed by atoms with Crippen molar-refractivity contribution in [3.8, 4) is 0 Å². The molecule has 19 heavy (non-hydrogen) atoms. The fourth-order valence-corrected chi connectivity index (χ4v) is 1.51. The van der Waals surface area contributed by atoms with Gasteiger partial charge < -0.3 is 25.5 Å². The van der Waals surface area contributed by atoms with Crippen molar-refractivity contribution in [3.05, 3.63) is 29.3 Å². The number of hydrogen-bond donors (Lipinski definition) is 1. The standard InChI is InChI=1S/C12H15NO4.2Na/c13-10-7-8(2-5-11(14)15)1-3-9(10)4-6-12(16)17;;/h1,3,7H,2,4-6,13H2,(H,14,15)(H,16,17);;/q;2*+1/p-2. The second-order valence-corrected chi connectivity index (χ2v) is 3.78. The number of rotatable bonds is 6. The van der Waals surface area contributed by atoms with E-state index in [-0.39, 0.29) is 72.0 Å². The molecule has 0 bridgehead atoms. The van der Waals surface area contributed by atoms with Crippen molar-refractivity contribution in [1.82, 2.24) is 0 Å². The number of aryl methyl sites for hydroxylation is 2. The van der Waals surface area contributed by atoms with Crippen molar-refractivity contribution in [2.45, 2.75) is 25.7 Å². The van der Waals surface area contributed by atoms with Crippen LogP contribution in [0.25, 0.3) is 0 Å². The van der Waals surface area contributed by atoms with Crippen LogP contribution >= 0.6 is 0 Å². The van der Waals surface area contributed by atoms with Gasteiger partial charge in [0, 0.05) is 17.6 Å². The number of carboxylic acid groups (broad SMARTS) is 2. The minimum Gasteiger partial charge on any atom is -0.550 e. The summed E-state index contributed by atoms with van der Waals surface area (Å²) in [7, 11) is 0. The molecule has 0 atom stereocenters. The summed E-state index contributed by atoms with van der Waals surface area (Å²) in [5.74, 6) is -2.23. The van der Waals surface area contributed by atoms with E-state index in [0.29, 0.717) is 18.5 Å². The Balaban J connectivity index is 0. The molecule has 1 aromatic carbocycles. The zero-order valence-electron chi connectivity index (χ0n) is 11.3. The zero-order valence-corrected chi connectivity index (χ0v) is 15.3. The predicted molar refractivity (Wildman–Crippen MR) is 57.5 cm³/mol. The SMILES string of the molecule is Nc1cc(CCC(=O)[O-])ccc1CCC(=O)[O-].[Na+].[Na+]. The van der Waals surface area contributed by atoms with Crippen LogP contribution < -0.4 is 75.1 Å². The van der Waals surface area contributed by atoms with Crippen LogP contribution in [-0.4, -0.2) is 11.9 Å². The molecule has 0 heterocycles. The third-order valence-electron chi connectivity index (χ3n) is 2.43. The van der Waals surface area contributed by atoms with Gasteiger partial charge in [0.05, 0.1) is 0 Å². The Morgan fingerprint density at radius 1 is 1.00 bits per heavy atom. The third kappa shape index (κ3) is 8.68. The maximum atomic E-state index is 10.3. The first-order valence-corrected chi connectivity index (χ1v) is 5.26. The van der Waals surface area contributed by atoms with Crippen LogP contribution in [-0.2, 0) is 22.4 Å². The van der Waals surface area contributed by atoms with Crippen LogP contribution in [0.15, 0.2) is 18.2 Å². The summed E-state index contributed by atoms with van der Waals surface area (Å²) in [4.78, 5) is 20.6. The first-order valence-electron chi connectivity index (χ1n) is 5.26. The van der Waals surface area contributed by atoms with Crippen molar-refractivity contribution in [2.75, 3.05) is 5.73 Å². The summed E-state index contributed by atoms with van der Waals surface area (Å²) < 4.78 is 0. The Kier molecular flexibility index (Phi) is 12.0. The van der Waals surface area contributed by atoms with Gasteiger partial charge in [-0.2, -0.15) is 0 Å². The van der Waals surface area contributed by atoms with Crippen LogP contribution in [0.5, 0.6) is 0 Å². The number of anilines is 1. The molecule has 0 saturated heterocycles. The molecule has 0 amide bonds. The fourth-order valence-electron chi connectivity index (χ4n) is 1.51. The molecule has 1 aromatic rings. The van der Waals surface area contributed by atoms with Crippen LogP contribution in [0, 0.1) is 0 Å². The molecule has 0 saturated carbocycles. The third-order valence-corrected chi connectivity index (χ3v) is 2.43. The molecule has 0 aromatic heterocycles. The summed E-state index contributed by atoms with van der Waals surface area (Å²) in [6.07, 6.45) is 0.530. The van der Waals surface area contributed by atoms with Crippen LogP contribution in [0.2, 0.25) is 0 Å². The minimum absolute atomic E-state index is 0. The maximum Gasteiger partial charge on any atom is 1.00 e. The van der Waals surface area contributed by atoms with Gasteiger partial charge in [-0.25, -0.2) is 0 Å². The molecule has 0 unspecified atom stereocenters. The molecule has 0 radical (unpaired) electrons.